The van der Waals surface area contributed by atoms with Gasteiger partial charge in [0, 0.05) is 18.3 Å². The number of hydrogen-bond acceptors (Lipinski definition) is 5. The molecule has 0 bridgehead atoms. The molecule has 1 amide bonds. The van der Waals surface area contributed by atoms with Crippen molar-refractivity contribution >= 4 is 11.6 Å². The molecule has 1 heterocycles. The van der Waals surface area contributed by atoms with Crippen LogP contribution < -0.4 is 24.8 Å². The maximum atomic E-state index is 11.9. The van der Waals surface area contributed by atoms with Crippen molar-refractivity contribution in [1.29, 1.82) is 0 Å². The van der Waals surface area contributed by atoms with E-state index < -0.39 is 0 Å². The predicted octanol–water partition coefficient (Wildman–Crippen LogP) is 2.19. The van der Waals surface area contributed by atoms with Crippen molar-refractivity contribution in [3.8, 4) is 17.2 Å². The Bertz CT molecular complexity index is 718. The maximum Gasteiger partial charge on any atom is 0.239 e. The Hall–Kier alpha value is -2.89. The first kappa shape index (κ1) is 16.0. The Morgan fingerprint density at radius 2 is 2.04 bits per heavy atom. The molecule has 2 aromatic carbocycles. The normalized spacial score (nSPS) is 11.9. The molecule has 126 valence electrons. The number of hydrogen-bond donors (Lipinski definition) is 2. The molecule has 1 aliphatic heterocycles. The zero-order valence-electron chi connectivity index (χ0n) is 13.5. The van der Waals surface area contributed by atoms with Gasteiger partial charge < -0.3 is 24.8 Å². The first-order chi connectivity index (χ1) is 11.7. The van der Waals surface area contributed by atoms with Crippen LogP contribution in [0.2, 0.25) is 0 Å². The number of benzene rings is 2. The summed E-state index contributed by atoms with van der Waals surface area (Å²) in [5.41, 5.74) is 1.94. The Morgan fingerprint density at radius 3 is 2.92 bits per heavy atom. The number of amides is 1. The van der Waals surface area contributed by atoms with Crippen molar-refractivity contribution in [2.24, 2.45) is 0 Å². The topological polar surface area (TPSA) is 68.8 Å². The molecule has 2 N–H and O–H groups in total. The fraction of sp³-hybridized carbons (Fsp3) is 0.278. The third kappa shape index (κ3) is 4.10. The Kier molecular flexibility index (Phi) is 5.05. The van der Waals surface area contributed by atoms with E-state index >= 15 is 0 Å². The number of fused-ring (bicyclic) bond motifs is 1. The van der Waals surface area contributed by atoms with E-state index in [1.807, 2.05) is 42.5 Å². The molecular formula is C18H20N2O4. The first-order valence-electron chi connectivity index (χ1n) is 7.78. The van der Waals surface area contributed by atoms with Gasteiger partial charge >= 0.3 is 0 Å². The van der Waals surface area contributed by atoms with E-state index in [9.17, 15) is 4.79 Å². The highest BCUT2D eigenvalue weighted by atomic mass is 16.7. The Balaban J connectivity index is 1.41. The van der Waals surface area contributed by atoms with E-state index in [4.69, 9.17) is 14.2 Å². The molecule has 0 unspecified atom stereocenters. The molecule has 0 saturated carbocycles. The van der Waals surface area contributed by atoms with E-state index in [0.717, 1.165) is 29.2 Å². The smallest absolute Gasteiger partial charge is 0.239 e. The summed E-state index contributed by atoms with van der Waals surface area (Å²) < 4.78 is 15.7. The second kappa shape index (κ2) is 7.59. The molecule has 1 aliphatic rings. The van der Waals surface area contributed by atoms with Crippen LogP contribution in [0.4, 0.5) is 5.69 Å². The molecule has 0 saturated heterocycles. The summed E-state index contributed by atoms with van der Waals surface area (Å²) in [5.74, 6) is 2.18. The average molecular weight is 328 g/mol. The molecule has 24 heavy (non-hydrogen) atoms. The van der Waals surface area contributed by atoms with Crippen LogP contribution in [-0.2, 0) is 11.2 Å². The van der Waals surface area contributed by atoms with Crippen LogP contribution in [-0.4, -0.2) is 32.9 Å². The highest BCUT2D eigenvalue weighted by molar-refractivity contribution is 5.80. The number of carbonyl (C=O) groups is 1. The minimum atomic E-state index is -0.0597. The molecular weight excluding hydrogens is 308 g/mol. The first-order valence-corrected chi connectivity index (χ1v) is 7.78. The van der Waals surface area contributed by atoms with Gasteiger partial charge in [0.2, 0.25) is 12.7 Å². The number of ether oxygens (including phenoxy) is 3. The fourth-order valence-corrected chi connectivity index (χ4v) is 2.43. The molecule has 2 aromatic rings. The summed E-state index contributed by atoms with van der Waals surface area (Å²) >= 11 is 0. The number of anilines is 1. The van der Waals surface area contributed by atoms with Gasteiger partial charge in [-0.1, -0.05) is 12.1 Å². The van der Waals surface area contributed by atoms with Crippen LogP contribution in [0.25, 0.3) is 0 Å². The van der Waals surface area contributed by atoms with Crippen LogP contribution in [0.3, 0.4) is 0 Å². The third-order valence-corrected chi connectivity index (χ3v) is 3.70. The molecule has 0 fully saturated rings. The highest BCUT2D eigenvalue weighted by Gasteiger charge is 2.13. The van der Waals surface area contributed by atoms with Gasteiger partial charge in [0.15, 0.2) is 11.5 Å². The van der Waals surface area contributed by atoms with Crippen molar-refractivity contribution in [2.75, 3.05) is 32.3 Å². The second-order valence-electron chi connectivity index (χ2n) is 5.37. The summed E-state index contributed by atoms with van der Waals surface area (Å²) in [6.45, 7) is 1.02. The molecule has 3 rings (SSSR count). The standard InChI is InChI=1S/C18H20N2O4/c1-22-15-4-2-3-13(9-15)7-8-19-18(21)11-20-14-5-6-16-17(10-14)24-12-23-16/h2-6,9-10,20H,7-8,11-12H2,1H3,(H,19,21). The zero-order chi connectivity index (χ0) is 16.8. The minimum Gasteiger partial charge on any atom is -0.497 e. The maximum absolute atomic E-state index is 11.9. The molecule has 0 atom stereocenters. The van der Waals surface area contributed by atoms with Crippen LogP contribution in [0.5, 0.6) is 17.2 Å². The van der Waals surface area contributed by atoms with Crippen molar-refractivity contribution in [1.82, 2.24) is 5.32 Å². The van der Waals surface area contributed by atoms with Gasteiger partial charge in [-0.25, -0.2) is 0 Å². The predicted molar refractivity (Wildman–Crippen MR) is 90.8 cm³/mol. The summed E-state index contributed by atoms with van der Waals surface area (Å²) in [4.78, 5) is 11.9. The summed E-state index contributed by atoms with van der Waals surface area (Å²) in [5, 5.41) is 5.97. The molecule has 0 aliphatic carbocycles. The van der Waals surface area contributed by atoms with Crippen LogP contribution in [0.15, 0.2) is 42.5 Å². The monoisotopic (exact) mass is 328 g/mol. The second-order valence-corrected chi connectivity index (χ2v) is 5.37. The third-order valence-electron chi connectivity index (χ3n) is 3.70. The lowest BCUT2D eigenvalue weighted by atomic mass is 10.1. The fourth-order valence-electron chi connectivity index (χ4n) is 2.43. The quantitative estimate of drug-likeness (QED) is 0.815. The summed E-state index contributed by atoms with van der Waals surface area (Å²) in [6, 6.07) is 13.3. The number of nitrogens with one attached hydrogen (secondary N) is 2. The van der Waals surface area contributed by atoms with Crippen molar-refractivity contribution in [3.05, 3.63) is 48.0 Å². The minimum absolute atomic E-state index is 0.0597. The van der Waals surface area contributed by atoms with Crippen molar-refractivity contribution in [3.63, 3.8) is 0 Å². The van der Waals surface area contributed by atoms with Crippen molar-refractivity contribution in [2.45, 2.75) is 6.42 Å². The Morgan fingerprint density at radius 1 is 1.17 bits per heavy atom. The number of carbonyl (C=O) groups excluding carboxylic acids is 1. The largest absolute Gasteiger partial charge is 0.497 e. The van der Waals surface area contributed by atoms with Crippen LogP contribution in [0.1, 0.15) is 5.56 Å². The van der Waals surface area contributed by atoms with Gasteiger partial charge in [-0.05, 0) is 36.2 Å². The highest BCUT2D eigenvalue weighted by Crippen LogP contribution is 2.34. The summed E-state index contributed by atoms with van der Waals surface area (Å²) in [6.07, 6.45) is 0.757. The van der Waals surface area contributed by atoms with Gasteiger partial charge in [0.1, 0.15) is 5.75 Å². The lowest BCUT2D eigenvalue weighted by molar-refractivity contribution is -0.119. The molecule has 0 radical (unpaired) electrons. The zero-order valence-corrected chi connectivity index (χ0v) is 13.5. The van der Waals surface area contributed by atoms with Crippen molar-refractivity contribution < 1.29 is 19.0 Å². The number of methoxy groups -OCH3 is 1. The van der Waals surface area contributed by atoms with Gasteiger partial charge in [0.25, 0.3) is 0 Å². The van der Waals surface area contributed by atoms with Crippen LogP contribution >= 0.6 is 0 Å². The molecule has 0 spiro atoms. The molecule has 6 heteroatoms. The SMILES string of the molecule is COc1cccc(CCNC(=O)CNc2ccc3c(c2)OCO3)c1. The molecule has 6 nitrogen and oxygen atoms in total. The Labute approximate surface area is 140 Å². The van der Waals surface area contributed by atoms with Gasteiger partial charge in [-0.2, -0.15) is 0 Å². The van der Waals surface area contributed by atoms with E-state index in [-0.39, 0.29) is 19.2 Å². The molecule has 0 aromatic heterocycles. The van der Waals surface area contributed by atoms with Gasteiger partial charge in [-0.3, -0.25) is 4.79 Å². The summed E-state index contributed by atoms with van der Waals surface area (Å²) in [7, 11) is 1.64. The van der Waals surface area contributed by atoms with Gasteiger partial charge in [0.05, 0.1) is 13.7 Å². The van der Waals surface area contributed by atoms with E-state index in [1.165, 1.54) is 0 Å². The van der Waals surface area contributed by atoms with E-state index in [1.54, 1.807) is 7.11 Å². The van der Waals surface area contributed by atoms with E-state index in [0.29, 0.717) is 12.3 Å². The van der Waals surface area contributed by atoms with Crippen LogP contribution in [0, 0.1) is 0 Å². The number of rotatable bonds is 7. The average Bonchev–Trinajstić information content (AvgIpc) is 3.08. The lowest BCUT2D eigenvalue weighted by Gasteiger charge is -2.09. The van der Waals surface area contributed by atoms with E-state index in [2.05, 4.69) is 10.6 Å². The van der Waals surface area contributed by atoms with Gasteiger partial charge in [-0.15, -0.1) is 0 Å². The lowest BCUT2D eigenvalue weighted by Crippen LogP contribution is -2.31.